The highest BCUT2D eigenvalue weighted by atomic mass is 14.3. The molecule has 4 rings (SSSR count). The van der Waals surface area contributed by atoms with Gasteiger partial charge in [0.2, 0.25) is 0 Å². The predicted octanol–water partition coefficient (Wildman–Crippen LogP) is 8.66. The molecule has 2 aromatic carbocycles. The largest absolute Gasteiger partial charge is 0.0804 e. The molecule has 0 fully saturated rings. The predicted molar refractivity (Wildman–Crippen MR) is 132 cm³/mol. The molecule has 0 bridgehead atoms. The first-order chi connectivity index (χ1) is 14.8. The molecule has 0 saturated carbocycles. The van der Waals surface area contributed by atoms with Crippen LogP contribution in [0.1, 0.15) is 87.5 Å². The molecule has 0 N–H and O–H groups in total. The Labute approximate surface area is 184 Å². The fraction of sp³-hybridized carbons (Fsp3) is 0.467. The lowest BCUT2D eigenvalue weighted by molar-refractivity contribution is 0.292. The second kappa shape index (κ2) is 10.3. The van der Waals surface area contributed by atoms with Gasteiger partial charge in [-0.1, -0.05) is 87.4 Å². The Bertz CT molecular complexity index is 788. The quantitative estimate of drug-likeness (QED) is 0.437. The van der Waals surface area contributed by atoms with Crippen molar-refractivity contribution in [3.8, 4) is 0 Å². The fourth-order valence-electron chi connectivity index (χ4n) is 5.44. The van der Waals surface area contributed by atoms with Crippen molar-refractivity contribution >= 4 is 11.1 Å². The molecule has 2 aromatic rings. The third-order valence-electron chi connectivity index (χ3n) is 7.30. The topological polar surface area (TPSA) is 0 Å². The van der Waals surface area contributed by atoms with E-state index >= 15 is 0 Å². The van der Waals surface area contributed by atoms with Crippen LogP contribution in [-0.4, -0.2) is 0 Å². The average Bonchev–Trinajstić information content (AvgIpc) is 2.81. The number of hydrogen-bond donors (Lipinski definition) is 0. The van der Waals surface area contributed by atoms with Gasteiger partial charge >= 0.3 is 0 Å². The monoisotopic (exact) mass is 398 g/mol. The van der Waals surface area contributed by atoms with E-state index in [2.05, 4.69) is 74.5 Å². The first-order valence-corrected chi connectivity index (χ1v) is 12.3. The molecule has 0 heterocycles. The summed E-state index contributed by atoms with van der Waals surface area (Å²) < 4.78 is 0. The summed E-state index contributed by atoms with van der Waals surface area (Å²) in [5, 5.41) is 0. The zero-order valence-electron chi connectivity index (χ0n) is 19.0. The molecule has 2 aliphatic carbocycles. The van der Waals surface area contributed by atoms with E-state index < -0.39 is 0 Å². The van der Waals surface area contributed by atoms with Crippen LogP contribution in [0.2, 0.25) is 0 Å². The Kier molecular flexibility index (Phi) is 7.26. The fourth-order valence-corrected chi connectivity index (χ4v) is 5.44. The molecule has 0 aliphatic heterocycles. The Hall–Kier alpha value is -2.08. The maximum absolute atomic E-state index is 2.55. The van der Waals surface area contributed by atoms with Crippen LogP contribution in [0.3, 0.4) is 0 Å². The Balaban J connectivity index is 1.33. The maximum atomic E-state index is 2.55. The molecule has 2 atom stereocenters. The zero-order valence-corrected chi connectivity index (χ0v) is 19.0. The highest BCUT2D eigenvalue weighted by Crippen LogP contribution is 2.41. The molecule has 0 nitrogen and oxygen atoms in total. The molecule has 2 unspecified atom stereocenters. The minimum absolute atomic E-state index is 0.873. The Morgan fingerprint density at radius 3 is 1.30 bits per heavy atom. The highest BCUT2D eigenvalue weighted by Gasteiger charge is 2.26. The van der Waals surface area contributed by atoms with Gasteiger partial charge in [-0.25, -0.2) is 0 Å². The molecular weight excluding hydrogens is 360 g/mol. The van der Waals surface area contributed by atoms with Crippen molar-refractivity contribution in [3.63, 3.8) is 0 Å². The van der Waals surface area contributed by atoms with E-state index in [1.165, 1.54) is 86.5 Å². The lowest BCUT2D eigenvalue weighted by atomic mass is 9.73. The Morgan fingerprint density at radius 2 is 1.00 bits per heavy atom. The molecule has 2 aliphatic rings. The van der Waals surface area contributed by atoms with Crippen LogP contribution in [0.4, 0.5) is 0 Å². The Morgan fingerprint density at radius 1 is 0.600 bits per heavy atom. The van der Waals surface area contributed by atoms with Gasteiger partial charge in [0.05, 0.1) is 0 Å². The maximum Gasteiger partial charge on any atom is -0.0228 e. The lowest BCUT2D eigenvalue weighted by Gasteiger charge is -2.32. The van der Waals surface area contributed by atoms with E-state index in [4.69, 9.17) is 0 Å². The van der Waals surface area contributed by atoms with Crippen molar-refractivity contribution in [2.24, 2.45) is 11.8 Å². The van der Waals surface area contributed by atoms with Gasteiger partial charge in [-0.2, -0.15) is 0 Å². The summed E-state index contributed by atoms with van der Waals surface area (Å²) in [6, 6.07) is 18.7. The average molecular weight is 399 g/mol. The smallest absolute Gasteiger partial charge is 0.0228 e. The van der Waals surface area contributed by atoms with Crippen LogP contribution in [-0.2, 0) is 12.8 Å². The molecule has 0 spiro atoms. The second-order valence-corrected chi connectivity index (χ2v) is 9.42. The van der Waals surface area contributed by atoms with Gasteiger partial charge in [0.1, 0.15) is 0 Å². The first kappa shape index (κ1) is 21.2. The van der Waals surface area contributed by atoms with Gasteiger partial charge in [-0.15, -0.1) is 0 Å². The van der Waals surface area contributed by atoms with Crippen molar-refractivity contribution < 1.29 is 0 Å². The van der Waals surface area contributed by atoms with Crippen LogP contribution < -0.4 is 0 Å². The van der Waals surface area contributed by atoms with Crippen molar-refractivity contribution in [2.45, 2.75) is 78.1 Å². The minimum Gasteiger partial charge on any atom is -0.0804 e. The van der Waals surface area contributed by atoms with Crippen molar-refractivity contribution in [3.05, 3.63) is 82.9 Å². The number of aryl methyl sites for hydroxylation is 2. The van der Waals surface area contributed by atoms with E-state index in [9.17, 15) is 0 Å². The van der Waals surface area contributed by atoms with E-state index in [-0.39, 0.29) is 0 Å². The minimum atomic E-state index is 0.873. The molecule has 158 valence electrons. The van der Waals surface area contributed by atoms with E-state index in [1.54, 1.807) is 11.1 Å². The second-order valence-electron chi connectivity index (χ2n) is 9.42. The molecule has 0 heteroatoms. The number of benzene rings is 2. The SMILES string of the molecule is CCCc1ccc(C2=CCC(C3CC=C(c4ccc(CCC)cc4)CC3)CC2)cc1. The van der Waals surface area contributed by atoms with Crippen molar-refractivity contribution in [2.75, 3.05) is 0 Å². The van der Waals surface area contributed by atoms with Crippen LogP contribution in [0.25, 0.3) is 11.1 Å². The summed E-state index contributed by atoms with van der Waals surface area (Å²) in [5.41, 5.74) is 9.00. The molecule has 0 aromatic heterocycles. The summed E-state index contributed by atoms with van der Waals surface area (Å²) in [7, 11) is 0. The van der Waals surface area contributed by atoms with Gasteiger partial charge in [-0.05, 0) is 96.6 Å². The molecule has 0 amide bonds. The first-order valence-electron chi connectivity index (χ1n) is 12.3. The lowest BCUT2D eigenvalue weighted by Crippen LogP contribution is -2.19. The van der Waals surface area contributed by atoms with Crippen molar-refractivity contribution in [1.29, 1.82) is 0 Å². The molecule has 0 saturated heterocycles. The number of rotatable bonds is 7. The summed E-state index contributed by atoms with van der Waals surface area (Å²) in [6.45, 7) is 4.51. The third kappa shape index (κ3) is 5.15. The molecule has 30 heavy (non-hydrogen) atoms. The van der Waals surface area contributed by atoms with E-state index in [0.29, 0.717) is 0 Å². The number of allylic oxidation sites excluding steroid dienone is 4. The molecular formula is C30H38. The van der Waals surface area contributed by atoms with Gasteiger partial charge < -0.3 is 0 Å². The van der Waals surface area contributed by atoms with Gasteiger partial charge in [-0.3, -0.25) is 0 Å². The van der Waals surface area contributed by atoms with Crippen LogP contribution in [0.15, 0.2) is 60.7 Å². The zero-order chi connectivity index (χ0) is 20.8. The summed E-state index contributed by atoms with van der Waals surface area (Å²) in [5.74, 6) is 1.75. The van der Waals surface area contributed by atoms with Crippen LogP contribution >= 0.6 is 0 Å². The van der Waals surface area contributed by atoms with Gasteiger partial charge in [0.15, 0.2) is 0 Å². The third-order valence-corrected chi connectivity index (χ3v) is 7.30. The standard InChI is InChI=1S/C30H38/c1-3-5-23-7-11-25(12-8-23)27-15-19-29(20-16-27)30-21-17-28(18-22-30)26-13-9-24(6-4-2)10-14-26/h7-15,17,29-30H,3-6,16,18-22H2,1-2H3. The molecule has 0 radical (unpaired) electrons. The van der Waals surface area contributed by atoms with E-state index in [1.807, 2.05) is 0 Å². The summed E-state index contributed by atoms with van der Waals surface area (Å²) >= 11 is 0. The van der Waals surface area contributed by atoms with E-state index in [0.717, 1.165) is 11.8 Å². The van der Waals surface area contributed by atoms with Crippen molar-refractivity contribution in [1.82, 2.24) is 0 Å². The summed E-state index contributed by atoms with van der Waals surface area (Å²) in [4.78, 5) is 0. The van der Waals surface area contributed by atoms with Crippen LogP contribution in [0.5, 0.6) is 0 Å². The van der Waals surface area contributed by atoms with Gasteiger partial charge in [0.25, 0.3) is 0 Å². The summed E-state index contributed by atoms with van der Waals surface area (Å²) in [6.07, 6.45) is 17.7. The van der Waals surface area contributed by atoms with Gasteiger partial charge in [0, 0.05) is 0 Å². The van der Waals surface area contributed by atoms with Crippen LogP contribution in [0, 0.1) is 11.8 Å². The number of hydrogen-bond acceptors (Lipinski definition) is 0. The normalized spacial score (nSPS) is 21.8. The highest BCUT2D eigenvalue weighted by molar-refractivity contribution is 5.67.